The van der Waals surface area contributed by atoms with E-state index in [4.69, 9.17) is 0 Å². The van der Waals surface area contributed by atoms with E-state index in [1.807, 2.05) is 0 Å². The van der Waals surface area contributed by atoms with Crippen molar-refractivity contribution in [2.75, 3.05) is 0 Å². The van der Waals surface area contributed by atoms with Crippen molar-refractivity contribution in [3.63, 3.8) is 0 Å². The number of benzene rings is 1. The second-order valence-electron chi connectivity index (χ2n) is 5.05. The second-order valence-corrected chi connectivity index (χ2v) is 5.05. The molecule has 1 fully saturated rings. The molecule has 1 aromatic carbocycles. The Morgan fingerprint density at radius 1 is 1.12 bits per heavy atom. The van der Waals surface area contributed by atoms with Crippen LogP contribution in [-0.4, -0.2) is 6.04 Å². The minimum absolute atomic E-state index is 0. The smallest absolute Gasteiger partial charge is 0.0208 e. The predicted octanol–water partition coefficient (Wildman–Crippen LogP) is 4.17. The summed E-state index contributed by atoms with van der Waals surface area (Å²) in [4.78, 5) is 0. The van der Waals surface area contributed by atoms with Crippen LogP contribution in [0.15, 0.2) is 30.3 Å². The van der Waals surface area contributed by atoms with Gasteiger partial charge in [0.05, 0.1) is 0 Å². The highest BCUT2D eigenvalue weighted by atomic mass is 35.5. The van der Waals surface area contributed by atoms with E-state index in [-0.39, 0.29) is 12.4 Å². The van der Waals surface area contributed by atoms with Gasteiger partial charge in [0.25, 0.3) is 0 Å². The first kappa shape index (κ1) is 14.5. The Morgan fingerprint density at radius 2 is 1.76 bits per heavy atom. The summed E-state index contributed by atoms with van der Waals surface area (Å²) < 4.78 is 0. The van der Waals surface area contributed by atoms with Crippen molar-refractivity contribution in [3.05, 3.63) is 35.9 Å². The number of nitrogens with one attached hydrogen (secondary N) is 1. The van der Waals surface area contributed by atoms with Crippen molar-refractivity contribution in [1.82, 2.24) is 5.32 Å². The highest BCUT2D eigenvalue weighted by Gasteiger charge is 2.19. The van der Waals surface area contributed by atoms with Crippen LogP contribution in [0.2, 0.25) is 0 Å². The van der Waals surface area contributed by atoms with Gasteiger partial charge in [0, 0.05) is 12.6 Å². The fraction of sp³-hybridized carbons (Fsp3) is 0.600. The summed E-state index contributed by atoms with van der Waals surface area (Å²) in [7, 11) is 0. The molecule has 1 aromatic rings. The van der Waals surface area contributed by atoms with Crippen molar-refractivity contribution in [2.24, 2.45) is 5.92 Å². The maximum atomic E-state index is 3.67. The average molecular weight is 254 g/mol. The molecule has 1 nitrogen and oxygen atoms in total. The highest BCUT2D eigenvalue weighted by Crippen LogP contribution is 2.26. The first-order chi connectivity index (χ1) is 7.86. The summed E-state index contributed by atoms with van der Waals surface area (Å²) in [5, 5.41) is 3.67. The molecule has 0 spiro atoms. The second kappa shape index (κ2) is 7.73. The normalized spacial score (nSPS) is 18.4. The van der Waals surface area contributed by atoms with Gasteiger partial charge in [-0.15, -0.1) is 12.4 Å². The van der Waals surface area contributed by atoms with E-state index in [0.717, 1.165) is 12.5 Å². The van der Waals surface area contributed by atoms with Gasteiger partial charge in [-0.1, -0.05) is 49.6 Å². The van der Waals surface area contributed by atoms with Crippen LogP contribution in [0.5, 0.6) is 0 Å². The summed E-state index contributed by atoms with van der Waals surface area (Å²) in [6, 6.07) is 11.4. The molecule has 1 aliphatic rings. The zero-order chi connectivity index (χ0) is 11.2. The molecule has 1 saturated carbocycles. The highest BCUT2D eigenvalue weighted by molar-refractivity contribution is 5.85. The van der Waals surface area contributed by atoms with Gasteiger partial charge in [-0.05, 0) is 31.2 Å². The SMILES string of the molecule is CC(NCc1ccccc1)C1CCCCC1.Cl. The Bertz CT molecular complexity index is 293. The Morgan fingerprint density at radius 3 is 2.41 bits per heavy atom. The molecule has 1 atom stereocenters. The lowest BCUT2D eigenvalue weighted by Gasteiger charge is -2.28. The molecule has 2 heteroatoms. The molecule has 0 aliphatic heterocycles. The van der Waals surface area contributed by atoms with Gasteiger partial charge >= 0.3 is 0 Å². The van der Waals surface area contributed by atoms with E-state index in [1.54, 1.807) is 0 Å². The molecule has 0 saturated heterocycles. The minimum atomic E-state index is 0. The van der Waals surface area contributed by atoms with Crippen molar-refractivity contribution in [2.45, 2.75) is 51.6 Å². The van der Waals surface area contributed by atoms with E-state index < -0.39 is 0 Å². The van der Waals surface area contributed by atoms with Crippen LogP contribution in [-0.2, 0) is 6.54 Å². The van der Waals surface area contributed by atoms with Gasteiger partial charge in [-0.25, -0.2) is 0 Å². The van der Waals surface area contributed by atoms with Gasteiger partial charge in [-0.3, -0.25) is 0 Å². The summed E-state index contributed by atoms with van der Waals surface area (Å²) >= 11 is 0. The van der Waals surface area contributed by atoms with Crippen LogP contribution in [0.4, 0.5) is 0 Å². The fourth-order valence-electron chi connectivity index (χ4n) is 2.68. The predicted molar refractivity (Wildman–Crippen MR) is 76.6 cm³/mol. The number of hydrogen-bond donors (Lipinski definition) is 1. The largest absolute Gasteiger partial charge is 0.310 e. The van der Waals surface area contributed by atoms with Crippen LogP contribution in [0, 0.1) is 5.92 Å². The lowest BCUT2D eigenvalue weighted by molar-refractivity contribution is 0.280. The lowest BCUT2D eigenvalue weighted by atomic mass is 9.84. The Hall–Kier alpha value is -0.530. The molecule has 96 valence electrons. The zero-order valence-corrected chi connectivity index (χ0v) is 11.5. The fourth-order valence-corrected chi connectivity index (χ4v) is 2.68. The van der Waals surface area contributed by atoms with Crippen molar-refractivity contribution >= 4 is 12.4 Å². The zero-order valence-electron chi connectivity index (χ0n) is 10.7. The van der Waals surface area contributed by atoms with Crippen molar-refractivity contribution < 1.29 is 0 Å². The van der Waals surface area contributed by atoms with Crippen LogP contribution in [0.3, 0.4) is 0 Å². The molecule has 1 aliphatic carbocycles. The summed E-state index contributed by atoms with van der Waals surface area (Å²) in [5.41, 5.74) is 1.39. The third-order valence-corrected chi connectivity index (χ3v) is 3.83. The summed E-state index contributed by atoms with van der Waals surface area (Å²) in [5.74, 6) is 0.900. The molecule has 2 rings (SSSR count). The molecule has 1 unspecified atom stereocenters. The van der Waals surface area contributed by atoms with Crippen LogP contribution in [0.25, 0.3) is 0 Å². The number of rotatable bonds is 4. The number of hydrogen-bond acceptors (Lipinski definition) is 1. The monoisotopic (exact) mass is 253 g/mol. The van der Waals surface area contributed by atoms with E-state index >= 15 is 0 Å². The summed E-state index contributed by atoms with van der Waals surface area (Å²) in [6.07, 6.45) is 7.15. The molecule has 0 amide bonds. The van der Waals surface area contributed by atoms with Gasteiger partial charge in [-0.2, -0.15) is 0 Å². The molecule has 1 N–H and O–H groups in total. The molecular weight excluding hydrogens is 230 g/mol. The van der Waals surface area contributed by atoms with Gasteiger partial charge in [0.1, 0.15) is 0 Å². The molecular formula is C15H24ClN. The minimum Gasteiger partial charge on any atom is -0.310 e. The molecule has 17 heavy (non-hydrogen) atoms. The van der Waals surface area contributed by atoms with Crippen molar-refractivity contribution in [1.29, 1.82) is 0 Å². The first-order valence-corrected chi connectivity index (χ1v) is 6.63. The van der Waals surface area contributed by atoms with Gasteiger partial charge in [0.15, 0.2) is 0 Å². The van der Waals surface area contributed by atoms with E-state index in [0.29, 0.717) is 6.04 Å². The maximum Gasteiger partial charge on any atom is 0.0208 e. The van der Waals surface area contributed by atoms with Gasteiger partial charge < -0.3 is 5.32 Å². The van der Waals surface area contributed by atoms with Gasteiger partial charge in [0.2, 0.25) is 0 Å². The van der Waals surface area contributed by atoms with E-state index in [1.165, 1.54) is 37.7 Å². The van der Waals surface area contributed by atoms with Crippen LogP contribution in [0.1, 0.15) is 44.6 Å². The standard InChI is InChI=1S/C15H23N.ClH/c1-13(15-10-6-3-7-11-15)16-12-14-8-4-2-5-9-14;/h2,4-5,8-9,13,15-16H,3,6-7,10-12H2,1H3;1H. The van der Waals surface area contributed by atoms with E-state index in [2.05, 4.69) is 42.6 Å². The quantitative estimate of drug-likeness (QED) is 0.850. The average Bonchev–Trinajstić information content (AvgIpc) is 2.38. The van der Waals surface area contributed by atoms with Crippen LogP contribution < -0.4 is 5.32 Å². The maximum absolute atomic E-state index is 3.67. The number of halogens is 1. The molecule has 0 bridgehead atoms. The van der Waals surface area contributed by atoms with Crippen LogP contribution >= 0.6 is 12.4 Å². The molecule has 0 heterocycles. The third-order valence-electron chi connectivity index (χ3n) is 3.83. The summed E-state index contributed by atoms with van der Waals surface area (Å²) in [6.45, 7) is 3.36. The Kier molecular flexibility index (Phi) is 6.61. The molecule has 0 aromatic heterocycles. The van der Waals surface area contributed by atoms with E-state index in [9.17, 15) is 0 Å². The molecule has 0 radical (unpaired) electrons. The Labute approximate surface area is 111 Å². The third kappa shape index (κ3) is 4.69. The first-order valence-electron chi connectivity index (χ1n) is 6.63. The van der Waals surface area contributed by atoms with Crippen molar-refractivity contribution in [3.8, 4) is 0 Å². The Balaban J connectivity index is 0.00000144. The lowest BCUT2D eigenvalue weighted by Crippen LogP contribution is -2.34. The topological polar surface area (TPSA) is 12.0 Å².